The van der Waals surface area contributed by atoms with Gasteiger partial charge in [-0.2, -0.15) is 4.98 Å². The number of anilines is 2. The summed E-state index contributed by atoms with van der Waals surface area (Å²) in [5.74, 6) is 2.41. The third-order valence-electron chi connectivity index (χ3n) is 5.53. The van der Waals surface area contributed by atoms with Crippen LogP contribution in [0.1, 0.15) is 36.9 Å². The number of primary amides is 1. The molecule has 2 aliphatic heterocycles. The summed E-state index contributed by atoms with van der Waals surface area (Å²) in [6, 6.07) is 11.4. The molecule has 2 aromatic rings. The van der Waals surface area contributed by atoms with Crippen LogP contribution in [0.25, 0.3) is 0 Å². The number of aliphatic hydroxyl groups is 1. The van der Waals surface area contributed by atoms with Gasteiger partial charge in [-0.1, -0.05) is 30.3 Å². The number of benzene rings is 1. The Morgan fingerprint density at radius 1 is 1.20 bits per heavy atom. The minimum Gasteiger partial charge on any atom is -0.445 e. The third-order valence-corrected chi connectivity index (χ3v) is 5.53. The van der Waals surface area contributed by atoms with Crippen LogP contribution >= 0.6 is 0 Å². The minimum atomic E-state index is -0.742. The van der Waals surface area contributed by atoms with Gasteiger partial charge >= 0.3 is 6.09 Å². The van der Waals surface area contributed by atoms with E-state index >= 15 is 0 Å². The zero-order chi connectivity index (χ0) is 29.6. The van der Waals surface area contributed by atoms with Crippen molar-refractivity contribution in [3.8, 4) is 0 Å². The Balaban J connectivity index is 0.000000371. The summed E-state index contributed by atoms with van der Waals surface area (Å²) >= 11 is 0. The van der Waals surface area contributed by atoms with Gasteiger partial charge < -0.3 is 41.1 Å². The number of amides is 1. The molecule has 0 atom stereocenters. The number of aliphatic hydroxyl groups excluding tert-OH is 1. The molecular formula is C27H42N8O5. The number of carbonyl (C=O) groups excluding carboxylic acids is 3. The van der Waals surface area contributed by atoms with E-state index in [1.807, 2.05) is 43.3 Å². The molecule has 0 saturated carbocycles. The van der Waals surface area contributed by atoms with Crippen molar-refractivity contribution in [3.63, 3.8) is 0 Å². The molecule has 1 aromatic carbocycles. The predicted octanol–water partition coefficient (Wildman–Crippen LogP) is 1.39. The average molecular weight is 559 g/mol. The second kappa shape index (κ2) is 20.8. The lowest BCUT2D eigenvalue weighted by atomic mass is 9.99. The number of aldehydes is 2. The Bertz CT molecular complexity index is 1030. The van der Waals surface area contributed by atoms with Crippen LogP contribution in [-0.2, 0) is 20.9 Å². The highest BCUT2D eigenvalue weighted by Crippen LogP contribution is 2.22. The summed E-state index contributed by atoms with van der Waals surface area (Å²) in [5.41, 5.74) is 11.5. The number of ether oxygens (including phenoxy) is 1. The first-order valence-corrected chi connectivity index (χ1v) is 13.1. The SMILES string of the molecule is CO.Cc1cc(N2CCC(C=O)CC2)nc(NC2=NCCCN2)n1.NC(=O)OCc1ccccc1.NCCC=O. The molecule has 0 spiro atoms. The summed E-state index contributed by atoms with van der Waals surface area (Å²) in [5, 5.41) is 13.4. The van der Waals surface area contributed by atoms with Crippen LogP contribution in [0.15, 0.2) is 41.4 Å². The van der Waals surface area contributed by atoms with Crippen LogP contribution in [0.5, 0.6) is 0 Å². The van der Waals surface area contributed by atoms with E-state index in [4.69, 9.17) is 16.6 Å². The van der Waals surface area contributed by atoms with Crippen molar-refractivity contribution in [2.45, 2.75) is 39.2 Å². The van der Waals surface area contributed by atoms with Gasteiger partial charge in [0.2, 0.25) is 5.95 Å². The Hall–Kier alpha value is -4.10. The normalized spacial score (nSPS) is 14.2. The highest BCUT2D eigenvalue weighted by atomic mass is 16.5. The van der Waals surface area contributed by atoms with E-state index in [-0.39, 0.29) is 12.5 Å². The van der Waals surface area contributed by atoms with Crippen molar-refractivity contribution in [1.82, 2.24) is 15.3 Å². The lowest BCUT2D eigenvalue weighted by Gasteiger charge is -2.30. The maximum Gasteiger partial charge on any atom is 0.404 e. The highest BCUT2D eigenvalue weighted by Gasteiger charge is 2.20. The van der Waals surface area contributed by atoms with Gasteiger partial charge in [-0.15, -0.1) is 0 Å². The molecular weight excluding hydrogens is 516 g/mol. The smallest absolute Gasteiger partial charge is 0.404 e. The number of aromatic nitrogens is 2. The number of carbonyl (C=O) groups is 3. The standard InChI is InChI=1S/C15H22N6O.C8H9NO2.C3H7NO.CH4O/c1-11-9-13(21-7-3-12(10-22)4-8-21)19-15(18-11)20-14-16-5-2-6-17-14;9-8(10)11-6-7-4-2-1-3-5-7;4-2-1-3-5;1-2/h9-10,12H,2-8H2,1H3,(H2,16,17,18,19,20);1-5H,6H2,(H2,9,10);3H,1-2,4H2;2H,1H3. The third kappa shape index (κ3) is 14.2. The van der Waals surface area contributed by atoms with Crippen LogP contribution in [0.2, 0.25) is 0 Å². The molecule has 1 aromatic heterocycles. The summed E-state index contributed by atoms with van der Waals surface area (Å²) in [7, 11) is 1.00. The maximum absolute atomic E-state index is 10.9. The fourth-order valence-electron chi connectivity index (χ4n) is 3.55. The van der Waals surface area contributed by atoms with E-state index in [1.165, 1.54) is 0 Å². The second-order valence-corrected chi connectivity index (χ2v) is 8.62. The lowest BCUT2D eigenvalue weighted by Crippen LogP contribution is -2.37. The van der Waals surface area contributed by atoms with Gasteiger partial charge in [-0.25, -0.2) is 9.78 Å². The Morgan fingerprint density at radius 3 is 2.42 bits per heavy atom. The van der Waals surface area contributed by atoms with E-state index < -0.39 is 6.09 Å². The van der Waals surface area contributed by atoms with Crippen LogP contribution in [-0.4, -0.2) is 79.5 Å². The van der Waals surface area contributed by atoms with Gasteiger partial charge in [0.15, 0.2) is 5.96 Å². The quantitative estimate of drug-likeness (QED) is 0.308. The molecule has 220 valence electrons. The van der Waals surface area contributed by atoms with Crippen molar-refractivity contribution in [1.29, 1.82) is 0 Å². The van der Waals surface area contributed by atoms with Crippen molar-refractivity contribution < 1.29 is 24.2 Å². The van der Waals surface area contributed by atoms with E-state index in [0.29, 0.717) is 18.9 Å². The number of guanidine groups is 1. The Kier molecular flexibility index (Phi) is 17.7. The molecule has 0 bridgehead atoms. The molecule has 40 heavy (non-hydrogen) atoms. The monoisotopic (exact) mass is 558 g/mol. The number of hydrogen-bond donors (Lipinski definition) is 5. The molecule has 13 heteroatoms. The molecule has 3 heterocycles. The molecule has 1 saturated heterocycles. The molecule has 1 amide bonds. The minimum absolute atomic E-state index is 0.192. The van der Waals surface area contributed by atoms with E-state index in [2.05, 4.69) is 35.2 Å². The number of nitrogens with one attached hydrogen (secondary N) is 2. The molecule has 0 unspecified atom stereocenters. The largest absolute Gasteiger partial charge is 0.445 e. The van der Waals surface area contributed by atoms with Gasteiger partial charge in [0, 0.05) is 57.4 Å². The maximum atomic E-state index is 10.9. The molecule has 0 radical (unpaired) electrons. The summed E-state index contributed by atoms with van der Waals surface area (Å²) < 4.78 is 4.57. The van der Waals surface area contributed by atoms with Crippen molar-refractivity contribution in [2.75, 3.05) is 50.1 Å². The number of hydrogen-bond acceptors (Lipinski definition) is 12. The summed E-state index contributed by atoms with van der Waals surface area (Å²) in [6.07, 6.45) is 4.46. The first-order chi connectivity index (χ1) is 19.4. The number of aliphatic imine (C=N–C) groups is 1. The molecule has 13 nitrogen and oxygen atoms in total. The number of piperidine rings is 1. The number of rotatable bonds is 7. The summed E-state index contributed by atoms with van der Waals surface area (Å²) in [4.78, 5) is 46.0. The van der Waals surface area contributed by atoms with E-state index in [9.17, 15) is 14.4 Å². The molecule has 4 rings (SSSR count). The molecule has 1 fully saturated rings. The lowest BCUT2D eigenvalue weighted by molar-refractivity contribution is -0.111. The number of nitrogens with two attached hydrogens (primary N) is 2. The van der Waals surface area contributed by atoms with Gasteiger partial charge in [0.1, 0.15) is 25.0 Å². The topological polar surface area (TPSA) is 198 Å². The van der Waals surface area contributed by atoms with Crippen molar-refractivity contribution >= 4 is 36.4 Å². The summed E-state index contributed by atoms with van der Waals surface area (Å²) in [6.45, 7) is 6.15. The van der Waals surface area contributed by atoms with Crippen LogP contribution in [0.4, 0.5) is 16.6 Å². The van der Waals surface area contributed by atoms with Crippen molar-refractivity contribution in [3.05, 3.63) is 47.7 Å². The molecule has 2 aliphatic rings. The number of aryl methyl sites for hydroxylation is 1. The first kappa shape index (κ1) is 33.9. The zero-order valence-corrected chi connectivity index (χ0v) is 23.3. The Morgan fingerprint density at radius 2 is 1.90 bits per heavy atom. The number of nitrogens with zero attached hydrogens (tertiary/aromatic N) is 4. The zero-order valence-electron chi connectivity index (χ0n) is 23.3. The fourth-order valence-corrected chi connectivity index (χ4v) is 3.55. The predicted molar refractivity (Wildman–Crippen MR) is 155 cm³/mol. The molecule has 7 N–H and O–H groups in total. The van der Waals surface area contributed by atoms with Gasteiger partial charge in [-0.3, -0.25) is 10.3 Å². The first-order valence-electron chi connectivity index (χ1n) is 13.1. The van der Waals surface area contributed by atoms with Gasteiger partial charge in [0.25, 0.3) is 0 Å². The Labute approximate surface area is 235 Å². The van der Waals surface area contributed by atoms with Crippen molar-refractivity contribution in [2.24, 2.45) is 22.4 Å². The fraction of sp³-hybridized carbons (Fsp3) is 0.481. The van der Waals surface area contributed by atoms with Gasteiger partial charge in [0.05, 0.1) is 0 Å². The van der Waals surface area contributed by atoms with Gasteiger partial charge in [-0.05, 0) is 38.3 Å². The molecule has 0 aliphatic carbocycles. The average Bonchev–Trinajstić information content (AvgIpc) is 2.99. The van der Waals surface area contributed by atoms with Crippen LogP contribution in [0, 0.1) is 12.8 Å². The highest BCUT2D eigenvalue weighted by molar-refractivity contribution is 5.92. The van der Waals surface area contributed by atoms with E-state index in [0.717, 1.165) is 88.2 Å². The second-order valence-electron chi connectivity index (χ2n) is 8.62. The van der Waals surface area contributed by atoms with Crippen LogP contribution < -0.4 is 27.0 Å². The van der Waals surface area contributed by atoms with E-state index in [1.54, 1.807) is 0 Å². The van der Waals surface area contributed by atoms with Crippen LogP contribution in [0.3, 0.4) is 0 Å².